The molecule has 7 heteroatoms. The Labute approximate surface area is 116 Å². The van der Waals surface area contributed by atoms with Gasteiger partial charge in [-0.3, -0.25) is 4.79 Å². The molecule has 1 fully saturated rings. The van der Waals surface area contributed by atoms with E-state index in [0.717, 1.165) is 13.0 Å². The molecule has 0 bridgehead atoms. The first-order chi connectivity index (χ1) is 9.20. The van der Waals surface area contributed by atoms with Gasteiger partial charge in [0.1, 0.15) is 17.3 Å². The summed E-state index contributed by atoms with van der Waals surface area (Å²) in [6.07, 6.45) is 2.34. The molecule has 6 nitrogen and oxygen atoms in total. The van der Waals surface area contributed by atoms with Gasteiger partial charge in [-0.1, -0.05) is 18.5 Å². The van der Waals surface area contributed by atoms with Gasteiger partial charge in [0.05, 0.1) is 19.1 Å². The van der Waals surface area contributed by atoms with Crippen molar-refractivity contribution >= 4 is 23.3 Å². The monoisotopic (exact) mass is 284 g/mol. The van der Waals surface area contributed by atoms with Crippen LogP contribution in [0.3, 0.4) is 0 Å². The SMILES string of the molecule is CCCNC1COCC1C(=O)Nc1cc(Cl)ncn1. The molecule has 2 rings (SSSR count). The maximum Gasteiger partial charge on any atom is 0.232 e. The highest BCUT2D eigenvalue weighted by Gasteiger charge is 2.33. The van der Waals surface area contributed by atoms with Gasteiger partial charge < -0.3 is 15.4 Å². The molecule has 0 spiro atoms. The van der Waals surface area contributed by atoms with Crippen molar-refractivity contribution in [2.24, 2.45) is 5.92 Å². The van der Waals surface area contributed by atoms with E-state index in [2.05, 4.69) is 27.5 Å². The Morgan fingerprint density at radius 2 is 2.37 bits per heavy atom. The van der Waals surface area contributed by atoms with Crippen molar-refractivity contribution in [3.05, 3.63) is 17.5 Å². The lowest BCUT2D eigenvalue weighted by Gasteiger charge is -2.18. The molecule has 2 unspecified atom stereocenters. The number of carbonyl (C=O) groups excluding carboxylic acids is 1. The van der Waals surface area contributed by atoms with Crippen LogP contribution in [0.4, 0.5) is 5.82 Å². The van der Waals surface area contributed by atoms with Crippen molar-refractivity contribution in [3.63, 3.8) is 0 Å². The highest BCUT2D eigenvalue weighted by molar-refractivity contribution is 6.29. The molecular formula is C12H17ClN4O2. The number of hydrogen-bond acceptors (Lipinski definition) is 5. The molecule has 0 radical (unpaired) electrons. The van der Waals surface area contributed by atoms with Crippen LogP contribution < -0.4 is 10.6 Å². The van der Waals surface area contributed by atoms with E-state index in [0.29, 0.717) is 24.2 Å². The number of aromatic nitrogens is 2. The van der Waals surface area contributed by atoms with E-state index in [1.54, 1.807) is 0 Å². The van der Waals surface area contributed by atoms with Gasteiger partial charge in [-0.15, -0.1) is 0 Å². The molecule has 1 amide bonds. The number of rotatable bonds is 5. The Hall–Kier alpha value is -1.24. The standard InChI is InChI=1S/C12H17ClN4O2/c1-2-3-14-9-6-19-5-8(9)12(18)17-11-4-10(13)15-7-16-11/h4,7-9,14H,2-3,5-6H2,1H3,(H,15,16,17,18). The molecule has 2 heterocycles. The molecule has 1 aromatic rings. The lowest BCUT2D eigenvalue weighted by Crippen LogP contribution is -2.41. The van der Waals surface area contributed by atoms with Crippen LogP contribution in [-0.2, 0) is 9.53 Å². The predicted molar refractivity (Wildman–Crippen MR) is 72.1 cm³/mol. The van der Waals surface area contributed by atoms with E-state index in [1.807, 2.05) is 0 Å². The fourth-order valence-corrected chi connectivity index (χ4v) is 2.11. The lowest BCUT2D eigenvalue weighted by molar-refractivity contribution is -0.120. The number of amides is 1. The second kappa shape index (κ2) is 6.79. The molecule has 1 aliphatic rings. The molecule has 1 aliphatic heterocycles. The lowest BCUT2D eigenvalue weighted by atomic mass is 10.0. The van der Waals surface area contributed by atoms with E-state index < -0.39 is 0 Å². The Balaban J connectivity index is 1.95. The van der Waals surface area contributed by atoms with Crippen molar-refractivity contribution in [1.29, 1.82) is 0 Å². The molecule has 2 atom stereocenters. The average molecular weight is 285 g/mol. The van der Waals surface area contributed by atoms with Crippen molar-refractivity contribution < 1.29 is 9.53 Å². The molecular weight excluding hydrogens is 268 g/mol. The second-order valence-electron chi connectivity index (χ2n) is 4.42. The molecule has 0 aromatic carbocycles. The third-order valence-corrected chi connectivity index (χ3v) is 3.17. The average Bonchev–Trinajstić information content (AvgIpc) is 2.84. The van der Waals surface area contributed by atoms with Gasteiger partial charge >= 0.3 is 0 Å². The van der Waals surface area contributed by atoms with Gasteiger partial charge in [0.25, 0.3) is 0 Å². The first-order valence-corrected chi connectivity index (χ1v) is 6.68. The normalized spacial score (nSPS) is 22.4. The van der Waals surface area contributed by atoms with Gasteiger partial charge in [0.15, 0.2) is 0 Å². The number of anilines is 1. The Morgan fingerprint density at radius 1 is 1.53 bits per heavy atom. The van der Waals surface area contributed by atoms with Crippen LogP contribution in [0.1, 0.15) is 13.3 Å². The summed E-state index contributed by atoms with van der Waals surface area (Å²) >= 11 is 5.75. The zero-order valence-corrected chi connectivity index (χ0v) is 11.5. The Bertz CT molecular complexity index is 443. The van der Waals surface area contributed by atoms with Gasteiger partial charge in [-0.25, -0.2) is 9.97 Å². The number of nitrogens with one attached hydrogen (secondary N) is 2. The maximum absolute atomic E-state index is 12.2. The molecule has 0 saturated carbocycles. The van der Waals surface area contributed by atoms with E-state index in [-0.39, 0.29) is 17.9 Å². The summed E-state index contributed by atoms with van der Waals surface area (Å²) in [5.41, 5.74) is 0. The van der Waals surface area contributed by atoms with Crippen LogP contribution >= 0.6 is 11.6 Å². The molecule has 1 saturated heterocycles. The number of halogens is 1. The van der Waals surface area contributed by atoms with E-state index in [9.17, 15) is 4.79 Å². The summed E-state index contributed by atoms with van der Waals surface area (Å²) in [4.78, 5) is 19.9. The van der Waals surface area contributed by atoms with Crippen LogP contribution in [0, 0.1) is 5.92 Å². The van der Waals surface area contributed by atoms with Crippen LogP contribution in [0.2, 0.25) is 5.15 Å². The van der Waals surface area contributed by atoms with Crippen molar-refractivity contribution in [2.45, 2.75) is 19.4 Å². The minimum absolute atomic E-state index is 0.0530. The summed E-state index contributed by atoms with van der Waals surface area (Å²) < 4.78 is 5.37. The molecule has 19 heavy (non-hydrogen) atoms. The number of hydrogen-bond donors (Lipinski definition) is 2. The topological polar surface area (TPSA) is 76.1 Å². The van der Waals surface area contributed by atoms with E-state index in [1.165, 1.54) is 12.4 Å². The molecule has 0 aliphatic carbocycles. The molecule has 2 N–H and O–H groups in total. The Kier molecular flexibility index (Phi) is 5.07. The van der Waals surface area contributed by atoms with E-state index >= 15 is 0 Å². The van der Waals surface area contributed by atoms with Crippen molar-refractivity contribution in [3.8, 4) is 0 Å². The van der Waals surface area contributed by atoms with Gasteiger partial charge in [-0.2, -0.15) is 0 Å². The van der Waals surface area contributed by atoms with E-state index in [4.69, 9.17) is 16.3 Å². The van der Waals surface area contributed by atoms with Crippen LogP contribution in [0.25, 0.3) is 0 Å². The number of nitrogens with zero attached hydrogens (tertiary/aromatic N) is 2. The minimum atomic E-state index is -0.208. The summed E-state index contributed by atoms with van der Waals surface area (Å²) in [5.74, 6) is 0.0901. The highest BCUT2D eigenvalue weighted by atomic mass is 35.5. The predicted octanol–water partition coefficient (Wildman–Crippen LogP) is 1.08. The second-order valence-corrected chi connectivity index (χ2v) is 4.81. The third kappa shape index (κ3) is 3.86. The zero-order valence-electron chi connectivity index (χ0n) is 10.7. The van der Waals surface area contributed by atoms with Crippen molar-refractivity contribution in [1.82, 2.24) is 15.3 Å². The summed E-state index contributed by atoms with van der Waals surface area (Å²) in [6.45, 7) is 3.94. The fraction of sp³-hybridized carbons (Fsp3) is 0.583. The third-order valence-electron chi connectivity index (χ3n) is 2.96. The first-order valence-electron chi connectivity index (χ1n) is 6.30. The van der Waals surface area contributed by atoms with Gasteiger partial charge in [0, 0.05) is 12.1 Å². The fourth-order valence-electron chi connectivity index (χ4n) is 1.96. The van der Waals surface area contributed by atoms with Crippen LogP contribution in [0.15, 0.2) is 12.4 Å². The van der Waals surface area contributed by atoms with Crippen molar-refractivity contribution in [2.75, 3.05) is 25.1 Å². The first kappa shape index (κ1) is 14.2. The van der Waals surface area contributed by atoms with Crippen LogP contribution in [0.5, 0.6) is 0 Å². The number of carbonyl (C=O) groups is 1. The Morgan fingerprint density at radius 3 is 3.11 bits per heavy atom. The highest BCUT2D eigenvalue weighted by Crippen LogP contribution is 2.17. The van der Waals surface area contributed by atoms with Crippen LogP contribution in [-0.4, -0.2) is 41.7 Å². The quantitative estimate of drug-likeness (QED) is 0.792. The summed E-state index contributed by atoms with van der Waals surface area (Å²) in [5, 5.41) is 6.35. The largest absolute Gasteiger partial charge is 0.379 e. The van der Waals surface area contributed by atoms with Gasteiger partial charge in [-0.05, 0) is 13.0 Å². The van der Waals surface area contributed by atoms with Gasteiger partial charge in [0.2, 0.25) is 5.91 Å². The maximum atomic E-state index is 12.2. The number of ether oxygens (including phenoxy) is 1. The molecule has 104 valence electrons. The summed E-state index contributed by atoms with van der Waals surface area (Å²) in [7, 11) is 0. The zero-order chi connectivity index (χ0) is 13.7. The molecule has 1 aromatic heterocycles. The minimum Gasteiger partial charge on any atom is -0.379 e. The smallest absolute Gasteiger partial charge is 0.232 e. The summed E-state index contributed by atoms with van der Waals surface area (Å²) in [6, 6.07) is 1.57.